The molecule has 1 aromatic heterocycles. The summed E-state index contributed by atoms with van der Waals surface area (Å²) in [6.45, 7) is 6.60. The summed E-state index contributed by atoms with van der Waals surface area (Å²) in [5.41, 5.74) is 1.09. The lowest BCUT2D eigenvalue weighted by Gasteiger charge is -2.36. The maximum absolute atomic E-state index is 13.1. The van der Waals surface area contributed by atoms with Crippen molar-refractivity contribution in [2.75, 3.05) is 39.4 Å². The van der Waals surface area contributed by atoms with Gasteiger partial charge in [-0.1, -0.05) is 0 Å². The van der Waals surface area contributed by atoms with Gasteiger partial charge in [0.2, 0.25) is 5.91 Å². The minimum absolute atomic E-state index is 0.00795. The van der Waals surface area contributed by atoms with Gasteiger partial charge in [-0.3, -0.25) is 14.4 Å². The number of amides is 2. The van der Waals surface area contributed by atoms with E-state index < -0.39 is 6.04 Å². The van der Waals surface area contributed by atoms with Crippen LogP contribution in [0.2, 0.25) is 0 Å². The van der Waals surface area contributed by atoms with E-state index in [0.29, 0.717) is 45.1 Å². The first-order valence-electron chi connectivity index (χ1n) is 11.5. The van der Waals surface area contributed by atoms with E-state index in [1.807, 2.05) is 31.2 Å². The first kappa shape index (κ1) is 23.0. The van der Waals surface area contributed by atoms with E-state index in [1.165, 1.54) is 10.7 Å². The predicted molar refractivity (Wildman–Crippen MR) is 122 cm³/mol. The van der Waals surface area contributed by atoms with E-state index in [0.717, 1.165) is 24.2 Å². The first-order valence-corrected chi connectivity index (χ1v) is 11.5. The highest BCUT2D eigenvalue weighted by Crippen LogP contribution is 2.21. The third-order valence-corrected chi connectivity index (χ3v) is 6.12. The number of benzene rings is 1. The van der Waals surface area contributed by atoms with Crippen molar-refractivity contribution in [1.82, 2.24) is 19.6 Å². The Kier molecular flexibility index (Phi) is 7.08. The Morgan fingerprint density at radius 2 is 1.79 bits per heavy atom. The van der Waals surface area contributed by atoms with Crippen LogP contribution >= 0.6 is 0 Å². The third-order valence-electron chi connectivity index (χ3n) is 6.12. The molecule has 0 spiro atoms. The predicted octanol–water partition coefficient (Wildman–Crippen LogP) is 1.72. The number of aromatic nitrogens is 2. The molecule has 0 N–H and O–H groups in total. The van der Waals surface area contributed by atoms with Crippen molar-refractivity contribution < 1.29 is 19.1 Å². The summed E-state index contributed by atoms with van der Waals surface area (Å²) in [5, 5.41) is 4.46. The molecule has 2 amide bonds. The lowest BCUT2D eigenvalue weighted by molar-refractivity contribution is -0.147. The summed E-state index contributed by atoms with van der Waals surface area (Å²) in [6.07, 6.45) is 1.32. The molecule has 2 atom stereocenters. The Labute approximate surface area is 192 Å². The van der Waals surface area contributed by atoms with Crippen LogP contribution in [0, 0.1) is 0 Å². The molecule has 0 saturated carbocycles. The van der Waals surface area contributed by atoms with Crippen molar-refractivity contribution in [1.29, 1.82) is 0 Å². The third kappa shape index (κ3) is 5.08. The molecule has 2 fully saturated rings. The molecule has 176 valence electrons. The van der Waals surface area contributed by atoms with Crippen LogP contribution in [-0.2, 0) is 14.3 Å². The summed E-state index contributed by atoms with van der Waals surface area (Å²) in [4.78, 5) is 41.6. The lowest BCUT2D eigenvalue weighted by Crippen LogP contribution is -2.54. The SMILES string of the molecule is CCOc1ccc(-c2ccc(=O)n(C(C)C(=O)N3CCN(C(=O)C4CCCO4)CC3)n2)cc1. The molecule has 4 rings (SSSR count). The maximum Gasteiger partial charge on any atom is 0.267 e. The van der Waals surface area contributed by atoms with E-state index in [2.05, 4.69) is 5.10 Å². The zero-order valence-electron chi connectivity index (χ0n) is 19.1. The molecule has 2 aliphatic rings. The maximum atomic E-state index is 13.1. The molecular weight excluding hydrogens is 424 g/mol. The highest BCUT2D eigenvalue weighted by molar-refractivity contribution is 5.83. The Bertz CT molecular complexity index is 1040. The van der Waals surface area contributed by atoms with E-state index in [4.69, 9.17) is 9.47 Å². The van der Waals surface area contributed by atoms with Gasteiger partial charge in [-0.2, -0.15) is 5.10 Å². The quantitative estimate of drug-likeness (QED) is 0.660. The molecule has 33 heavy (non-hydrogen) atoms. The second kappa shape index (κ2) is 10.2. The molecule has 2 aromatic rings. The van der Waals surface area contributed by atoms with Gasteiger partial charge in [0.05, 0.1) is 12.3 Å². The average Bonchev–Trinajstić information content (AvgIpc) is 3.39. The number of hydrogen-bond donors (Lipinski definition) is 0. The summed E-state index contributed by atoms with van der Waals surface area (Å²) in [6, 6.07) is 9.78. The normalized spacial score (nSPS) is 19.4. The van der Waals surface area contributed by atoms with Gasteiger partial charge in [0.25, 0.3) is 11.5 Å². The smallest absolute Gasteiger partial charge is 0.267 e. The van der Waals surface area contributed by atoms with Gasteiger partial charge < -0.3 is 19.3 Å². The van der Waals surface area contributed by atoms with Crippen molar-refractivity contribution in [3.8, 4) is 17.0 Å². The molecule has 3 heterocycles. The molecule has 2 unspecified atom stereocenters. The minimum Gasteiger partial charge on any atom is -0.494 e. The van der Waals surface area contributed by atoms with Crippen LogP contribution in [-0.4, -0.2) is 76.9 Å². The summed E-state index contributed by atoms with van der Waals surface area (Å²) in [7, 11) is 0. The van der Waals surface area contributed by atoms with Crippen LogP contribution < -0.4 is 10.3 Å². The van der Waals surface area contributed by atoms with Gasteiger partial charge in [-0.15, -0.1) is 0 Å². The molecule has 0 radical (unpaired) electrons. The summed E-state index contributed by atoms with van der Waals surface area (Å²) >= 11 is 0. The Balaban J connectivity index is 1.42. The number of hydrogen-bond acceptors (Lipinski definition) is 6. The van der Waals surface area contributed by atoms with Gasteiger partial charge in [-0.25, -0.2) is 4.68 Å². The lowest BCUT2D eigenvalue weighted by atomic mass is 10.1. The number of piperazine rings is 1. The molecular formula is C24H30N4O5. The Hall–Kier alpha value is -3.20. The van der Waals surface area contributed by atoms with Crippen molar-refractivity contribution >= 4 is 11.8 Å². The fourth-order valence-corrected chi connectivity index (χ4v) is 4.24. The number of carbonyl (C=O) groups excluding carboxylic acids is 2. The zero-order chi connectivity index (χ0) is 23.4. The Morgan fingerprint density at radius 3 is 2.42 bits per heavy atom. The molecule has 9 nitrogen and oxygen atoms in total. The highest BCUT2D eigenvalue weighted by Gasteiger charge is 2.33. The van der Waals surface area contributed by atoms with Crippen LogP contribution in [0.4, 0.5) is 0 Å². The van der Waals surface area contributed by atoms with Gasteiger partial charge in [0.15, 0.2) is 0 Å². The van der Waals surface area contributed by atoms with Crippen LogP contribution in [0.25, 0.3) is 11.3 Å². The fourth-order valence-electron chi connectivity index (χ4n) is 4.24. The summed E-state index contributed by atoms with van der Waals surface area (Å²) in [5.74, 6) is 0.585. The number of carbonyl (C=O) groups is 2. The van der Waals surface area contributed by atoms with Gasteiger partial charge in [0, 0.05) is 44.4 Å². The molecule has 0 aliphatic carbocycles. The molecule has 2 saturated heterocycles. The van der Waals surface area contributed by atoms with Crippen molar-refractivity contribution in [2.45, 2.75) is 38.8 Å². The Morgan fingerprint density at radius 1 is 1.09 bits per heavy atom. The van der Waals surface area contributed by atoms with Crippen molar-refractivity contribution in [3.63, 3.8) is 0 Å². The van der Waals surface area contributed by atoms with Crippen LogP contribution in [0.5, 0.6) is 5.75 Å². The topological polar surface area (TPSA) is 94.0 Å². The van der Waals surface area contributed by atoms with Crippen LogP contribution in [0.15, 0.2) is 41.2 Å². The molecule has 9 heteroatoms. The zero-order valence-corrected chi connectivity index (χ0v) is 19.1. The highest BCUT2D eigenvalue weighted by atomic mass is 16.5. The largest absolute Gasteiger partial charge is 0.494 e. The monoisotopic (exact) mass is 454 g/mol. The molecule has 0 bridgehead atoms. The van der Waals surface area contributed by atoms with E-state index >= 15 is 0 Å². The van der Waals surface area contributed by atoms with Crippen LogP contribution in [0.1, 0.15) is 32.7 Å². The van der Waals surface area contributed by atoms with E-state index in [9.17, 15) is 14.4 Å². The van der Waals surface area contributed by atoms with Crippen molar-refractivity contribution in [3.05, 3.63) is 46.8 Å². The van der Waals surface area contributed by atoms with Gasteiger partial charge in [-0.05, 0) is 57.0 Å². The fraction of sp³-hybridized carbons (Fsp3) is 0.500. The van der Waals surface area contributed by atoms with Crippen molar-refractivity contribution in [2.24, 2.45) is 0 Å². The minimum atomic E-state index is -0.749. The number of nitrogens with zero attached hydrogens (tertiary/aromatic N) is 4. The summed E-state index contributed by atoms with van der Waals surface area (Å²) < 4.78 is 12.2. The average molecular weight is 455 g/mol. The first-order chi connectivity index (χ1) is 16.0. The van der Waals surface area contributed by atoms with E-state index in [-0.39, 0.29) is 23.5 Å². The van der Waals surface area contributed by atoms with E-state index in [1.54, 1.807) is 22.8 Å². The number of rotatable bonds is 6. The van der Waals surface area contributed by atoms with Gasteiger partial charge >= 0.3 is 0 Å². The molecule has 2 aliphatic heterocycles. The van der Waals surface area contributed by atoms with Crippen LogP contribution in [0.3, 0.4) is 0 Å². The van der Waals surface area contributed by atoms with Gasteiger partial charge in [0.1, 0.15) is 17.9 Å². The second-order valence-electron chi connectivity index (χ2n) is 8.29. The molecule has 1 aromatic carbocycles. The standard InChI is InChI=1S/C24H30N4O5/c1-3-32-19-8-6-18(7-9-19)20-10-11-22(29)28(25-20)17(2)23(30)26-12-14-27(15-13-26)24(31)21-5-4-16-33-21/h6-11,17,21H,3-5,12-16H2,1-2H3. The second-order valence-corrected chi connectivity index (χ2v) is 8.29. The number of ether oxygens (including phenoxy) is 2.